The number of carboxylic acids is 1. The Bertz CT molecular complexity index is 874. The molecule has 1 fully saturated rings. The van der Waals surface area contributed by atoms with Crippen molar-refractivity contribution >= 4 is 45.9 Å². The number of urea groups is 1. The fourth-order valence-electron chi connectivity index (χ4n) is 3.34. The number of hydrogen-bond acceptors (Lipinski definition) is 5. The monoisotopic (exact) mass is 447 g/mol. The standard InChI is InChI=1S/C22H29N3O3S2/c1-15-8-10-17(11-9-15)25(13-16-6-4-5-7-16)21(28)24-20-23-12-18(30-20)29-14-22(2,3)19(26)27/h8-12,16H,4-7,13-14H2,1-3H3,(H,26,27)(H,23,24,28). The molecule has 0 atom stereocenters. The zero-order chi connectivity index (χ0) is 21.7. The first kappa shape index (κ1) is 22.6. The fourth-order valence-corrected chi connectivity index (χ4v) is 5.28. The summed E-state index contributed by atoms with van der Waals surface area (Å²) in [5.74, 6) is 0.140. The van der Waals surface area contributed by atoms with Gasteiger partial charge in [0.15, 0.2) is 5.13 Å². The Labute approximate surface area is 186 Å². The Balaban J connectivity index is 1.67. The van der Waals surface area contributed by atoms with Gasteiger partial charge in [-0.3, -0.25) is 15.0 Å². The fraction of sp³-hybridized carbons (Fsp3) is 0.500. The van der Waals surface area contributed by atoms with Crippen LogP contribution in [0.2, 0.25) is 0 Å². The SMILES string of the molecule is Cc1ccc(N(CC2CCCC2)C(=O)Nc2ncc(SCC(C)(C)C(=O)O)s2)cc1. The van der Waals surface area contributed by atoms with Crippen molar-refractivity contribution in [2.75, 3.05) is 22.5 Å². The number of amides is 2. The molecule has 0 bridgehead atoms. The molecule has 3 rings (SSSR count). The Hall–Kier alpha value is -2.06. The van der Waals surface area contributed by atoms with Gasteiger partial charge >= 0.3 is 12.0 Å². The van der Waals surface area contributed by atoms with Crippen molar-refractivity contribution in [1.29, 1.82) is 0 Å². The maximum atomic E-state index is 13.1. The quantitative estimate of drug-likeness (QED) is 0.494. The van der Waals surface area contributed by atoms with Crippen LogP contribution in [-0.2, 0) is 4.79 Å². The normalized spacial score (nSPS) is 14.6. The Morgan fingerprint density at radius 3 is 2.57 bits per heavy atom. The molecule has 1 aliphatic rings. The number of hydrogen-bond donors (Lipinski definition) is 2. The maximum absolute atomic E-state index is 13.1. The predicted octanol–water partition coefficient (Wildman–Crippen LogP) is 5.88. The topological polar surface area (TPSA) is 82.5 Å². The summed E-state index contributed by atoms with van der Waals surface area (Å²) in [7, 11) is 0. The van der Waals surface area contributed by atoms with Gasteiger partial charge in [0.2, 0.25) is 0 Å². The highest BCUT2D eigenvalue weighted by atomic mass is 32.2. The predicted molar refractivity (Wildman–Crippen MR) is 124 cm³/mol. The number of thiazole rings is 1. The second kappa shape index (κ2) is 9.83. The highest BCUT2D eigenvalue weighted by Crippen LogP contribution is 2.34. The molecule has 0 radical (unpaired) electrons. The van der Waals surface area contributed by atoms with E-state index in [9.17, 15) is 14.7 Å². The van der Waals surface area contributed by atoms with Gasteiger partial charge < -0.3 is 5.11 Å². The van der Waals surface area contributed by atoms with Gasteiger partial charge in [0.05, 0.1) is 15.8 Å². The minimum absolute atomic E-state index is 0.178. The van der Waals surface area contributed by atoms with Crippen LogP contribution in [0.4, 0.5) is 15.6 Å². The lowest BCUT2D eigenvalue weighted by molar-refractivity contribution is -0.145. The van der Waals surface area contributed by atoms with Crippen LogP contribution in [0, 0.1) is 18.3 Å². The van der Waals surface area contributed by atoms with Crippen molar-refractivity contribution in [1.82, 2.24) is 4.98 Å². The van der Waals surface area contributed by atoms with Gasteiger partial charge in [-0.15, -0.1) is 11.8 Å². The summed E-state index contributed by atoms with van der Waals surface area (Å²) in [5, 5.41) is 12.7. The number of anilines is 2. The number of aliphatic carboxylic acids is 1. The second-order valence-corrected chi connectivity index (χ2v) is 10.8. The van der Waals surface area contributed by atoms with Crippen molar-refractivity contribution in [3.05, 3.63) is 36.0 Å². The van der Waals surface area contributed by atoms with E-state index in [0.717, 1.165) is 28.3 Å². The van der Waals surface area contributed by atoms with Gasteiger partial charge in [0.1, 0.15) is 0 Å². The summed E-state index contributed by atoms with van der Waals surface area (Å²) in [6, 6.07) is 7.84. The first-order valence-electron chi connectivity index (χ1n) is 10.2. The molecular weight excluding hydrogens is 418 g/mol. The smallest absolute Gasteiger partial charge is 0.328 e. The number of benzene rings is 1. The van der Waals surface area contributed by atoms with E-state index in [4.69, 9.17) is 0 Å². The highest BCUT2D eigenvalue weighted by molar-refractivity contribution is 8.01. The van der Waals surface area contributed by atoms with Crippen LogP contribution in [0.15, 0.2) is 34.7 Å². The van der Waals surface area contributed by atoms with Crippen LogP contribution >= 0.6 is 23.1 Å². The largest absolute Gasteiger partial charge is 0.481 e. The molecule has 1 aromatic carbocycles. The number of carbonyl (C=O) groups excluding carboxylic acids is 1. The van der Waals surface area contributed by atoms with Crippen molar-refractivity contribution in [2.45, 2.75) is 50.7 Å². The van der Waals surface area contributed by atoms with Crippen molar-refractivity contribution in [3.8, 4) is 0 Å². The lowest BCUT2D eigenvalue weighted by Gasteiger charge is -2.26. The van der Waals surface area contributed by atoms with E-state index in [1.54, 1.807) is 20.0 Å². The molecule has 2 N–H and O–H groups in total. The first-order valence-corrected chi connectivity index (χ1v) is 12.0. The Morgan fingerprint density at radius 2 is 1.93 bits per heavy atom. The molecule has 0 saturated heterocycles. The van der Waals surface area contributed by atoms with Crippen molar-refractivity contribution in [2.24, 2.45) is 11.3 Å². The molecule has 2 amide bonds. The number of aromatic nitrogens is 1. The Morgan fingerprint density at radius 1 is 1.27 bits per heavy atom. The summed E-state index contributed by atoms with van der Waals surface area (Å²) >= 11 is 2.82. The summed E-state index contributed by atoms with van der Waals surface area (Å²) in [6.07, 6.45) is 6.47. The first-order chi connectivity index (χ1) is 14.2. The van der Waals surface area contributed by atoms with Crippen LogP contribution in [0.1, 0.15) is 45.1 Å². The summed E-state index contributed by atoms with van der Waals surface area (Å²) < 4.78 is 0.886. The molecule has 1 aliphatic carbocycles. The van der Waals surface area contributed by atoms with E-state index >= 15 is 0 Å². The zero-order valence-electron chi connectivity index (χ0n) is 17.7. The van der Waals surface area contributed by atoms with Gasteiger partial charge in [0, 0.05) is 18.0 Å². The van der Waals surface area contributed by atoms with Crippen LogP contribution in [0.25, 0.3) is 0 Å². The third-order valence-electron chi connectivity index (χ3n) is 5.36. The maximum Gasteiger partial charge on any atom is 0.328 e. The van der Waals surface area contributed by atoms with E-state index in [-0.39, 0.29) is 6.03 Å². The van der Waals surface area contributed by atoms with Crippen molar-refractivity contribution in [3.63, 3.8) is 0 Å². The van der Waals surface area contributed by atoms with Crippen molar-refractivity contribution < 1.29 is 14.7 Å². The van der Waals surface area contributed by atoms with Gasteiger partial charge in [-0.25, -0.2) is 9.78 Å². The highest BCUT2D eigenvalue weighted by Gasteiger charge is 2.28. The molecule has 1 heterocycles. The average molecular weight is 448 g/mol. The number of carbonyl (C=O) groups is 2. The third-order valence-corrected chi connectivity index (χ3v) is 7.93. The molecule has 0 unspecified atom stereocenters. The van der Waals surface area contributed by atoms with E-state index in [1.807, 2.05) is 36.1 Å². The lowest BCUT2D eigenvalue weighted by Crippen LogP contribution is -2.38. The molecule has 162 valence electrons. The molecule has 1 aromatic heterocycles. The number of nitrogens with zero attached hydrogens (tertiary/aromatic N) is 2. The van der Waals surface area contributed by atoms with E-state index < -0.39 is 11.4 Å². The van der Waals surface area contributed by atoms with E-state index in [1.165, 1.54) is 35.9 Å². The zero-order valence-corrected chi connectivity index (χ0v) is 19.3. The van der Waals surface area contributed by atoms with Gasteiger partial charge in [-0.2, -0.15) is 0 Å². The summed E-state index contributed by atoms with van der Waals surface area (Å²) in [4.78, 5) is 30.5. The second-order valence-electron chi connectivity index (χ2n) is 8.49. The average Bonchev–Trinajstić information content (AvgIpc) is 3.37. The number of nitrogens with one attached hydrogen (secondary N) is 1. The van der Waals surface area contributed by atoms with Crippen LogP contribution < -0.4 is 10.2 Å². The van der Waals surface area contributed by atoms with Gasteiger partial charge in [-0.1, -0.05) is 41.9 Å². The molecule has 2 aromatic rings. The van der Waals surface area contributed by atoms with Crippen LogP contribution in [0.3, 0.4) is 0 Å². The minimum Gasteiger partial charge on any atom is -0.481 e. The molecule has 30 heavy (non-hydrogen) atoms. The lowest BCUT2D eigenvalue weighted by atomic mass is 9.97. The molecule has 0 aliphatic heterocycles. The summed E-state index contributed by atoms with van der Waals surface area (Å²) in [6.45, 7) is 6.14. The molecule has 1 saturated carbocycles. The summed E-state index contributed by atoms with van der Waals surface area (Å²) in [5.41, 5.74) is 1.23. The molecule has 0 spiro atoms. The number of thioether (sulfide) groups is 1. The third kappa shape index (κ3) is 5.98. The number of carboxylic acid groups (broad SMARTS) is 1. The van der Waals surface area contributed by atoms with Gasteiger partial charge in [-0.05, 0) is 51.7 Å². The number of rotatable bonds is 8. The molecule has 6 nitrogen and oxygen atoms in total. The molecular formula is C22H29N3O3S2. The van der Waals surface area contributed by atoms with Gasteiger partial charge in [0.25, 0.3) is 0 Å². The molecule has 8 heteroatoms. The van der Waals surface area contributed by atoms with Crippen LogP contribution in [-0.4, -0.2) is 34.4 Å². The Kier molecular flexibility index (Phi) is 7.41. The van der Waals surface area contributed by atoms with Crippen LogP contribution in [0.5, 0.6) is 0 Å². The van der Waals surface area contributed by atoms with E-state index in [2.05, 4.69) is 10.3 Å². The van der Waals surface area contributed by atoms with E-state index in [0.29, 0.717) is 23.3 Å². The minimum atomic E-state index is -0.825. The number of aryl methyl sites for hydroxylation is 1.